The molecule has 0 unspecified atom stereocenters. The van der Waals surface area contributed by atoms with Gasteiger partial charge < -0.3 is 0 Å². The maximum Gasteiger partial charge on any atom is 0.212 e. The molecule has 10 heterocycles. The Morgan fingerprint density at radius 1 is 0.264 bits per heavy atom. The molecule has 10 aromatic carbocycles. The summed E-state index contributed by atoms with van der Waals surface area (Å²) in [5, 5.41) is 19.6. The van der Waals surface area contributed by atoms with Gasteiger partial charge in [0.15, 0.2) is 31.0 Å². The Hall–Kier alpha value is -13.8. The van der Waals surface area contributed by atoms with Crippen LogP contribution in [0, 0.1) is 81.6 Å². The first-order valence-corrected chi connectivity index (χ1v) is 41.6. The number of benzene rings is 10. The zero-order valence-electron chi connectivity index (χ0n) is 73.1. The zero-order valence-corrected chi connectivity index (χ0v) is 73.1. The van der Waals surface area contributed by atoms with E-state index in [9.17, 15) is 0 Å². The first-order chi connectivity index (χ1) is 58.2. The number of nitrogens with zero attached hydrogens (tertiary/aromatic N) is 12. The van der Waals surface area contributed by atoms with Gasteiger partial charge in [-0.15, -0.1) is 0 Å². The van der Waals surface area contributed by atoms with Crippen LogP contribution in [0.4, 0.5) is 0 Å². The molecule has 0 bridgehead atoms. The van der Waals surface area contributed by atoms with Crippen LogP contribution >= 0.6 is 0 Å². The van der Waals surface area contributed by atoms with Gasteiger partial charge in [0, 0.05) is 163 Å². The molecule has 0 amide bonds. The minimum absolute atomic E-state index is 0.267. The SMILES string of the molecule is Cc1cc(-c2cc3c(ccc4ncccc43)cc2C)[n+](C)cc1C.Cc1cc(-c2cc3c(ccc4nccnc43)cc2C)[n+](C)cc1C.Cc1cc2ccc3ncncc3c2cc1-c1cc(CC(C)(C)C)cc[n+]1C.Cc1cc[n+](C)c(-c2cc3c(ccc4cnccc43)cc2C)c1.Cc1ccc(-c2cc3c(ccc4ccncc43)cc2C)[n+](C)c1. The molecule has 0 aliphatic carbocycles. The summed E-state index contributed by atoms with van der Waals surface area (Å²) in [6.45, 7) is 30.7. The molecule has 12 nitrogen and oxygen atoms in total. The average Bonchev–Trinajstić information content (AvgIpc) is 0.780. The maximum absolute atomic E-state index is 4.56. The predicted molar refractivity (Wildman–Crippen MR) is 500 cm³/mol. The lowest BCUT2D eigenvalue weighted by Gasteiger charge is -2.18. The standard InChI is InChI=1S/C24H26N3.C22H21N2.C21H20N3.2C21H19N2/c1-16-10-18-6-7-22-21(14-25-15-26-22)20(18)12-19(16)23-11-17(8-9-27(23)5)13-24(2,3)4;1-14-11-22(24(4)13-16(14)3)19-12-20-17(10-15(19)2)7-8-21-18(20)6-5-9-23-21;1-13-10-20(24(4)12-15(13)3)17-11-18-16(9-14(17)2)5-6-19-21(18)23-8-7-22-19;1-14-4-7-21(23(3)13-14)18-11-19-17(10-15(18)2)6-5-16-8-9-22-12-20(16)19;1-14-7-9-23(3)21(10-14)19-12-20-16(11-15(19)2)4-5-17-13-22-8-6-18(17)20/h6-12,14-15H,13H2,1-5H3;5-13H,1-4H3;5-12H,1-4H3;2*4-13H,1-3H3/q5*+1. The van der Waals surface area contributed by atoms with Crippen molar-refractivity contribution >= 4 is 108 Å². The molecule has 20 rings (SSSR count). The van der Waals surface area contributed by atoms with Crippen LogP contribution in [0.2, 0.25) is 0 Å². The lowest BCUT2D eigenvalue weighted by atomic mass is 9.87. The second-order valence-electron chi connectivity index (χ2n) is 34.4. The zero-order chi connectivity index (χ0) is 84.8. The van der Waals surface area contributed by atoms with Crippen molar-refractivity contribution < 1.29 is 22.8 Å². The van der Waals surface area contributed by atoms with E-state index in [4.69, 9.17) is 0 Å². The molecule has 0 N–H and O–H groups in total. The minimum Gasteiger partial charge on any atom is -0.264 e. The van der Waals surface area contributed by atoms with E-state index in [0.717, 1.165) is 39.3 Å². The maximum atomic E-state index is 4.56. The molecule has 12 heteroatoms. The number of aryl methyl sites for hydroxylation is 16. The highest BCUT2D eigenvalue weighted by Gasteiger charge is 2.23. The van der Waals surface area contributed by atoms with Crippen LogP contribution in [0.5, 0.6) is 0 Å². The highest BCUT2D eigenvalue weighted by molar-refractivity contribution is 6.12. The number of fused-ring (bicyclic) bond motifs is 15. The van der Waals surface area contributed by atoms with Crippen LogP contribution in [-0.2, 0) is 41.7 Å². The summed E-state index contributed by atoms with van der Waals surface area (Å²) in [7, 11) is 10.6. The minimum atomic E-state index is 0.267. The van der Waals surface area contributed by atoms with E-state index in [-0.39, 0.29) is 5.41 Å². The number of rotatable bonds is 6. The van der Waals surface area contributed by atoms with Gasteiger partial charge in [0.2, 0.25) is 28.5 Å². The van der Waals surface area contributed by atoms with Gasteiger partial charge in [0.25, 0.3) is 0 Å². The van der Waals surface area contributed by atoms with Gasteiger partial charge >= 0.3 is 0 Å². The molecule has 0 fully saturated rings. The van der Waals surface area contributed by atoms with Crippen LogP contribution in [0.3, 0.4) is 0 Å². The van der Waals surface area contributed by atoms with Crippen molar-refractivity contribution in [3.05, 3.63) is 348 Å². The first-order valence-electron chi connectivity index (χ1n) is 41.6. The fourth-order valence-electron chi connectivity index (χ4n) is 17.3. The largest absolute Gasteiger partial charge is 0.264 e. The Bertz CT molecular complexity index is 7330. The molecular formula is C109H105N12+5. The molecule has 10 aromatic heterocycles. The van der Waals surface area contributed by atoms with Gasteiger partial charge in [-0.05, 0) is 270 Å². The third kappa shape index (κ3) is 16.8. The highest BCUT2D eigenvalue weighted by atomic mass is 14.9. The molecule has 0 spiro atoms. The van der Waals surface area contributed by atoms with Crippen molar-refractivity contribution in [1.29, 1.82) is 0 Å². The number of hydrogen-bond donors (Lipinski definition) is 0. The van der Waals surface area contributed by atoms with Gasteiger partial charge in [-0.2, -0.15) is 0 Å². The summed E-state index contributed by atoms with van der Waals surface area (Å²) in [5.74, 6) is 0. The van der Waals surface area contributed by atoms with Crippen molar-refractivity contribution in [2.75, 3.05) is 0 Å². The lowest BCUT2D eigenvalue weighted by molar-refractivity contribution is -0.660. The number of aromatic nitrogens is 12. The van der Waals surface area contributed by atoms with E-state index < -0.39 is 0 Å². The quantitative estimate of drug-likeness (QED) is 0.120. The molecule has 0 aliphatic rings. The van der Waals surface area contributed by atoms with Gasteiger partial charge in [-0.3, -0.25) is 24.9 Å². The van der Waals surface area contributed by atoms with Gasteiger partial charge in [-0.1, -0.05) is 99.6 Å². The molecule has 0 radical (unpaired) electrons. The average molecular weight is 1580 g/mol. The van der Waals surface area contributed by atoms with E-state index in [0.29, 0.717) is 0 Å². The Morgan fingerprint density at radius 2 is 0.711 bits per heavy atom. The van der Waals surface area contributed by atoms with E-state index >= 15 is 0 Å². The van der Waals surface area contributed by atoms with Crippen molar-refractivity contribution in [3.63, 3.8) is 0 Å². The third-order valence-corrected chi connectivity index (χ3v) is 24.0. The molecule has 0 atom stereocenters. The third-order valence-electron chi connectivity index (χ3n) is 24.0. The van der Waals surface area contributed by atoms with Gasteiger partial charge in [-0.25, -0.2) is 32.8 Å². The van der Waals surface area contributed by atoms with E-state index in [2.05, 4.69) is 403 Å². The fraction of sp³-hybridized carbons (Fsp3) is 0.193. The van der Waals surface area contributed by atoms with E-state index in [1.165, 1.54) is 198 Å². The van der Waals surface area contributed by atoms with E-state index in [1.54, 1.807) is 18.7 Å². The van der Waals surface area contributed by atoms with E-state index in [1.807, 2.05) is 49.3 Å². The summed E-state index contributed by atoms with van der Waals surface area (Å²) in [6, 6.07) is 70.4. The Labute approximate surface area is 709 Å². The van der Waals surface area contributed by atoms with Gasteiger partial charge in [0.1, 0.15) is 41.6 Å². The normalized spacial score (nSPS) is 11.5. The topological polar surface area (TPSA) is 110 Å². The molecule has 0 saturated carbocycles. The molecular weight excluding hydrogens is 1480 g/mol. The van der Waals surface area contributed by atoms with Crippen LogP contribution in [-0.4, -0.2) is 34.9 Å². The van der Waals surface area contributed by atoms with Crippen LogP contribution in [0.25, 0.3) is 165 Å². The molecule has 0 aliphatic heterocycles. The van der Waals surface area contributed by atoms with Crippen LogP contribution in [0.1, 0.15) is 87.5 Å². The number of pyridine rings is 8. The van der Waals surface area contributed by atoms with Crippen molar-refractivity contribution in [2.24, 2.45) is 40.7 Å². The molecule has 20 aromatic rings. The summed E-state index contributed by atoms with van der Waals surface area (Å²) in [4.78, 5) is 30.7. The number of hydrogen-bond acceptors (Lipinski definition) is 7. The monoisotopic (exact) mass is 1580 g/mol. The molecule has 0 saturated heterocycles. The second kappa shape index (κ2) is 33.5. The van der Waals surface area contributed by atoms with Crippen molar-refractivity contribution in [1.82, 2.24) is 34.9 Å². The van der Waals surface area contributed by atoms with Gasteiger partial charge in [0.05, 0.1) is 22.1 Å². The van der Waals surface area contributed by atoms with Crippen molar-refractivity contribution in [3.8, 4) is 56.3 Å². The van der Waals surface area contributed by atoms with Crippen LogP contribution < -0.4 is 22.8 Å². The highest BCUT2D eigenvalue weighted by Crippen LogP contribution is 2.38. The first kappa shape index (κ1) is 80.9. The van der Waals surface area contributed by atoms with Crippen LogP contribution in [0.15, 0.2) is 281 Å². The Kier molecular flexibility index (Phi) is 22.4. The Morgan fingerprint density at radius 3 is 1.31 bits per heavy atom. The summed E-state index contributed by atoms with van der Waals surface area (Å²) in [5.41, 5.74) is 32.3. The Balaban J connectivity index is 0.000000113. The van der Waals surface area contributed by atoms with Crippen molar-refractivity contribution in [2.45, 2.75) is 103 Å². The lowest BCUT2D eigenvalue weighted by Crippen LogP contribution is -2.31. The fourth-order valence-corrected chi connectivity index (χ4v) is 17.3. The summed E-state index contributed by atoms with van der Waals surface area (Å²) >= 11 is 0. The predicted octanol–water partition coefficient (Wildman–Crippen LogP) is 23.2. The second-order valence-corrected chi connectivity index (χ2v) is 34.4. The molecule has 596 valence electrons. The summed E-state index contributed by atoms with van der Waals surface area (Å²) in [6.07, 6.45) is 28.4. The smallest absolute Gasteiger partial charge is 0.212 e. The molecule has 121 heavy (non-hydrogen) atoms. The summed E-state index contributed by atoms with van der Waals surface area (Å²) < 4.78 is 11.0.